The van der Waals surface area contributed by atoms with Gasteiger partial charge in [-0.3, -0.25) is 10.1 Å². The number of anilines is 2. The minimum Gasteiger partial charge on any atom is -0.398 e. The van der Waals surface area contributed by atoms with Crippen LogP contribution in [0, 0.1) is 10.1 Å². The number of rotatable bonds is 5. The summed E-state index contributed by atoms with van der Waals surface area (Å²) in [6.45, 7) is 3.17. The Morgan fingerprint density at radius 2 is 2.26 bits per heavy atom. The quantitative estimate of drug-likeness (QED) is 0.478. The third-order valence-electron chi connectivity index (χ3n) is 2.64. The summed E-state index contributed by atoms with van der Waals surface area (Å²) in [7, 11) is 0. The van der Waals surface area contributed by atoms with Crippen LogP contribution in [0.3, 0.4) is 0 Å². The van der Waals surface area contributed by atoms with E-state index < -0.39 is 4.92 Å². The minimum absolute atomic E-state index is 0.0422. The van der Waals surface area contributed by atoms with Gasteiger partial charge in [-0.25, -0.2) is 0 Å². The Morgan fingerprint density at radius 3 is 2.95 bits per heavy atom. The van der Waals surface area contributed by atoms with Gasteiger partial charge < -0.3 is 15.6 Å². The fourth-order valence-corrected chi connectivity index (χ4v) is 1.70. The number of hydrogen-bond acceptors (Lipinski definition) is 6. The number of nitrogens with zero attached hydrogens (tertiary/aromatic N) is 4. The van der Waals surface area contributed by atoms with E-state index in [-0.39, 0.29) is 5.69 Å². The Hall–Kier alpha value is -2.64. The van der Waals surface area contributed by atoms with Gasteiger partial charge in [-0.05, 0) is 13.0 Å². The molecular weight excluding hydrogens is 248 g/mol. The van der Waals surface area contributed by atoms with Crippen LogP contribution in [0.5, 0.6) is 0 Å². The highest BCUT2D eigenvalue weighted by Crippen LogP contribution is 2.22. The maximum absolute atomic E-state index is 10.7. The molecule has 0 fully saturated rings. The lowest BCUT2D eigenvalue weighted by Crippen LogP contribution is -2.08. The Balaban J connectivity index is 2.13. The van der Waals surface area contributed by atoms with Crippen molar-refractivity contribution in [3.8, 4) is 0 Å². The zero-order chi connectivity index (χ0) is 13.8. The molecule has 0 atom stereocenters. The Kier molecular flexibility index (Phi) is 3.60. The summed E-state index contributed by atoms with van der Waals surface area (Å²) in [6.07, 6.45) is 1.64. The molecule has 0 radical (unpaired) electrons. The Labute approximate surface area is 109 Å². The van der Waals surface area contributed by atoms with Gasteiger partial charge in [0.15, 0.2) is 5.82 Å². The molecule has 0 spiro atoms. The number of non-ortho nitro benzene ring substituents is 1. The molecular formula is C11H14N6O2. The zero-order valence-corrected chi connectivity index (χ0v) is 10.4. The lowest BCUT2D eigenvalue weighted by atomic mass is 10.2. The Bertz CT molecular complexity index is 595. The van der Waals surface area contributed by atoms with E-state index in [1.807, 2.05) is 11.5 Å². The summed E-state index contributed by atoms with van der Waals surface area (Å²) < 4.78 is 1.88. The molecule has 1 heterocycles. The van der Waals surface area contributed by atoms with Crippen molar-refractivity contribution in [2.45, 2.75) is 20.0 Å². The second-order valence-electron chi connectivity index (χ2n) is 3.96. The van der Waals surface area contributed by atoms with Gasteiger partial charge in [0, 0.05) is 30.1 Å². The molecule has 100 valence electrons. The van der Waals surface area contributed by atoms with Gasteiger partial charge in [0.25, 0.3) is 5.69 Å². The second-order valence-corrected chi connectivity index (χ2v) is 3.96. The van der Waals surface area contributed by atoms with Crippen LogP contribution in [-0.4, -0.2) is 19.7 Å². The number of nitro benzene ring substituents is 1. The van der Waals surface area contributed by atoms with Gasteiger partial charge in [0.2, 0.25) is 0 Å². The molecule has 3 N–H and O–H groups in total. The van der Waals surface area contributed by atoms with Gasteiger partial charge in [0.1, 0.15) is 6.33 Å². The van der Waals surface area contributed by atoms with E-state index in [2.05, 4.69) is 15.5 Å². The third-order valence-corrected chi connectivity index (χ3v) is 2.64. The monoisotopic (exact) mass is 262 g/mol. The molecule has 0 aliphatic rings. The predicted molar refractivity (Wildman–Crippen MR) is 70.5 cm³/mol. The van der Waals surface area contributed by atoms with Gasteiger partial charge >= 0.3 is 0 Å². The van der Waals surface area contributed by atoms with Crippen molar-refractivity contribution in [3.63, 3.8) is 0 Å². The highest BCUT2D eigenvalue weighted by Gasteiger charge is 2.09. The SMILES string of the molecule is CCn1cnnc1CNc1cc(N)cc([N+](=O)[O-])c1. The van der Waals surface area contributed by atoms with Crippen molar-refractivity contribution < 1.29 is 4.92 Å². The smallest absolute Gasteiger partial charge is 0.273 e. The summed E-state index contributed by atoms with van der Waals surface area (Å²) >= 11 is 0. The molecule has 1 aromatic heterocycles. The first kappa shape index (κ1) is 12.8. The number of nitrogens with two attached hydrogens (primary N) is 1. The van der Waals surface area contributed by atoms with Gasteiger partial charge in [0.05, 0.1) is 11.5 Å². The molecule has 8 heteroatoms. The molecule has 1 aromatic carbocycles. The number of benzene rings is 1. The maximum Gasteiger partial charge on any atom is 0.273 e. The third kappa shape index (κ3) is 2.97. The lowest BCUT2D eigenvalue weighted by molar-refractivity contribution is -0.384. The molecule has 2 aromatic rings. The van der Waals surface area contributed by atoms with Crippen molar-refractivity contribution in [3.05, 3.63) is 40.5 Å². The lowest BCUT2D eigenvalue weighted by Gasteiger charge is -2.07. The van der Waals surface area contributed by atoms with E-state index in [9.17, 15) is 10.1 Å². The second kappa shape index (κ2) is 5.34. The van der Waals surface area contributed by atoms with Crippen molar-refractivity contribution in [1.29, 1.82) is 0 Å². The number of nitrogen functional groups attached to an aromatic ring is 1. The van der Waals surface area contributed by atoms with E-state index in [0.717, 1.165) is 12.4 Å². The van der Waals surface area contributed by atoms with Crippen LogP contribution < -0.4 is 11.1 Å². The summed E-state index contributed by atoms with van der Waals surface area (Å²) in [4.78, 5) is 10.3. The standard InChI is InChI=1S/C11H14N6O2/c1-2-16-7-14-15-11(16)6-13-9-3-8(12)4-10(5-9)17(18)19/h3-5,7,13H,2,6,12H2,1H3. The summed E-state index contributed by atoms with van der Waals surface area (Å²) in [5.41, 5.74) is 6.50. The molecule has 0 saturated heterocycles. The number of aromatic nitrogens is 3. The molecule has 0 saturated carbocycles. The fraction of sp³-hybridized carbons (Fsp3) is 0.273. The predicted octanol–water partition coefficient (Wildman–Crippen LogP) is 1.40. The van der Waals surface area contributed by atoms with Gasteiger partial charge in [-0.15, -0.1) is 10.2 Å². The van der Waals surface area contributed by atoms with E-state index in [1.165, 1.54) is 12.1 Å². The van der Waals surface area contributed by atoms with Crippen molar-refractivity contribution in [2.24, 2.45) is 0 Å². The number of hydrogen-bond donors (Lipinski definition) is 2. The van der Waals surface area contributed by atoms with E-state index >= 15 is 0 Å². The first-order valence-electron chi connectivity index (χ1n) is 5.75. The van der Waals surface area contributed by atoms with E-state index in [1.54, 1.807) is 12.4 Å². The molecule has 0 aliphatic carbocycles. The molecule has 0 amide bonds. The van der Waals surface area contributed by atoms with Crippen LogP contribution in [0.2, 0.25) is 0 Å². The van der Waals surface area contributed by atoms with Gasteiger partial charge in [-0.2, -0.15) is 0 Å². The number of aryl methyl sites for hydroxylation is 1. The van der Waals surface area contributed by atoms with Crippen LogP contribution in [-0.2, 0) is 13.1 Å². The van der Waals surface area contributed by atoms with Crippen LogP contribution in [0.4, 0.5) is 17.1 Å². The summed E-state index contributed by atoms with van der Waals surface area (Å²) in [5.74, 6) is 0.757. The van der Waals surface area contributed by atoms with Crippen LogP contribution in [0.1, 0.15) is 12.7 Å². The van der Waals surface area contributed by atoms with Crippen molar-refractivity contribution in [1.82, 2.24) is 14.8 Å². The molecule has 0 aliphatic heterocycles. The minimum atomic E-state index is -0.476. The average Bonchev–Trinajstić information content (AvgIpc) is 2.83. The normalized spacial score (nSPS) is 10.4. The van der Waals surface area contributed by atoms with Crippen LogP contribution >= 0.6 is 0 Å². The summed E-state index contributed by atoms with van der Waals surface area (Å²) in [6, 6.07) is 4.39. The molecule has 2 rings (SSSR count). The molecule has 0 unspecified atom stereocenters. The maximum atomic E-state index is 10.7. The van der Waals surface area contributed by atoms with Crippen LogP contribution in [0.15, 0.2) is 24.5 Å². The fourth-order valence-electron chi connectivity index (χ4n) is 1.70. The van der Waals surface area contributed by atoms with Crippen molar-refractivity contribution in [2.75, 3.05) is 11.1 Å². The molecule has 8 nitrogen and oxygen atoms in total. The largest absolute Gasteiger partial charge is 0.398 e. The van der Waals surface area contributed by atoms with E-state index in [4.69, 9.17) is 5.73 Å². The molecule has 19 heavy (non-hydrogen) atoms. The van der Waals surface area contributed by atoms with E-state index in [0.29, 0.717) is 17.9 Å². The topological polar surface area (TPSA) is 112 Å². The average molecular weight is 262 g/mol. The molecule has 0 bridgehead atoms. The zero-order valence-electron chi connectivity index (χ0n) is 10.4. The first-order chi connectivity index (χ1) is 9.10. The van der Waals surface area contributed by atoms with Crippen molar-refractivity contribution >= 4 is 17.1 Å². The highest BCUT2D eigenvalue weighted by atomic mass is 16.6. The van der Waals surface area contributed by atoms with Gasteiger partial charge in [-0.1, -0.05) is 0 Å². The number of nitro groups is 1. The highest BCUT2D eigenvalue weighted by molar-refractivity contribution is 5.61. The Morgan fingerprint density at radius 1 is 1.47 bits per heavy atom. The number of nitrogens with one attached hydrogen (secondary N) is 1. The van der Waals surface area contributed by atoms with Crippen LogP contribution in [0.25, 0.3) is 0 Å². The summed E-state index contributed by atoms with van der Waals surface area (Å²) in [5, 5.41) is 21.6. The first-order valence-corrected chi connectivity index (χ1v) is 5.75.